The molecular weight excluding hydrogens is 326 g/mol. The van der Waals surface area contributed by atoms with Gasteiger partial charge in [0.15, 0.2) is 5.82 Å². The van der Waals surface area contributed by atoms with Crippen LogP contribution in [0.1, 0.15) is 50.9 Å². The van der Waals surface area contributed by atoms with Crippen molar-refractivity contribution in [1.29, 1.82) is 0 Å². The number of β-amino-alcohol motifs (C(OH)–C–C–N with tert-alkyl or cyclic N) is 1. The van der Waals surface area contributed by atoms with Crippen molar-refractivity contribution in [2.75, 3.05) is 13.1 Å². The first kappa shape index (κ1) is 17.5. The van der Waals surface area contributed by atoms with Crippen LogP contribution in [-0.2, 0) is 9.59 Å². The van der Waals surface area contributed by atoms with Gasteiger partial charge in [0.05, 0.1) is 6.10 Å². The van der Waals surface area contributed by atoms with E-state index in [4.69, 9.17) is 4.52 Å². The first-order chi connectivity index (χ1) is 11.8. The molecule has 0 spiro atoms. The number of aliphatic hydroxyl groups is 1. The summed E-state index contributed by atoms with van der Waals surface area (Å²) in [7, 11) is 0. The summed E-state index contributed by atoms with van der Waals surface area (Å²) in [6.07, 6.45) is 0.251. The van der Waals surface area contributed by atoms with Crippen LogP contribution in [0.5, 0.6) is 0 Å². The average Bonchev–Trinajstić information content (AvgIpc) is 3.14. The van der Waals surface area contributed by atoms with Crippen LogP contribution in [0.2, 0.25) is 0 Å². The molecule has 9 heteroatoms. The molecule has 9 nitrogen and oxygen atoms in total. The lowest BCUT2D eigenvalue weighted by Crippen LogP contribution is -2.42. The Morgan fingerprint density at radius 3 is 2.80 bits per heavy atom. The third-order valence-electron chi connectivity index (χ3n) is 4.26. The van der Waals surface area contributed by atoms with E-state index in [9.17, 15) is 14.7 Å². The molecule has 2 aliphatic rings. The molecule has 1 fully saturated rings. The van der Waals surface area contributed by atoms with Gasteiger partial charge in [-0.05, 0) is 12.8 Å². The van der Waals surface area contributed by atoms with Crippen molar-refractivity contribution >= 4 is 17.5 Å². The number of nitrogens with zero attached hydrogens (tertiary/aromatic N) is 5. The van der Waals surface area contributed by atoms with Crippen molar-refractivity contribution in [3.8, 4) is 0 Å². The third kappa shape index (κ3) is 3.71. The van der Waals surface area contributed by atoms with Crippen LogP contribution < -0.4 is 0 Å². The van der Waals surface area contributed by atoms with E-state index in [0.29, 0.717) is 36.8 Å². The van der Waals surface area contributed by atoms with Crippen molar-refractivity contribution in [3.05, 3.63) is 11.7 Å². The standard InChI is InChI=1S/C16H23N5O4/c1-9(2)7-21-14(23)5-4-12(18-21)16(24)20-8-11(22)6-13(20)15-17-10(3)19-25-15/h9,11,13,22H,4-8H2,1-3H3/t11-,13+/m0/s1. The molecule has 0 aromatic carbocycles. The van der Waals surface area contributed by atoms with Crippen molar-refractivity contribution in [2.45, 2.75) is 52.2 Å². The zero-order chi connectivity index (χ0) is 18.1. The van der Waals surface area contributed by atoms with Gasteiger partial charge in [-0.2, -0.15) is 10.1 Å². The summed E-state index contributed by atoms with van der Waals surface area (Å²) >= 11 is 0. The van der Waals surface area contributed by atoms with Crippen LogP contribution in [0.3, 0.4) is 0 Å². The van der Waals surface area contributed by atoms with E-state index in [0.717, 1.165) is 0 Å². The van der Waals surface area contributed by atoms with E-state index in [1.54, 1.807) is 6.92 Å². The van der Waals surface area contributed by atoms with Gasteiger partial charge in [-0.15, -0.1) is 0 Å². The summed E-state index contributed by atoms with van der Waals surface area (Å²) in [5, 5.41) is 19.4. The summed E-state index contributed by atoms with van der Waals surface area (Å²) in [6, 6.07) is -0.470. The van der Waals surface area contributed by atoms with Gasteiger partial charge in [0.2, 0.25) is 11.8 Å². The van der Waals surface area contributed by atoms with Gasteiger partial charge >= 0.3 is 0 Å². The second kappa shape index (κ2) is 6.91. The fourth-order valence-electron chi connectivity index (χ4n) is 3.13. The maximum atomic E-state index is 12.9. The average molecular weight is 349 g/mol. The molecule has 2 amide bonds. The number of carbonyl (C=O) groups is 2. The molecule has 136 valence electrons. The van der Waals surface area contributed by atoms with Crippen molar-refractivity contribution < 1.29 is 19.2 Å². The Kier molecular flexibility index (Phi) is 4.85. The van der Waals surface area contributed by atoms with Crippen LogP contribution in [0.25, 0.3) is 0 Å². The highest BCUT2D eigenvalue weighted by molar-refractivity contribution is 6.39. The van der Waals surface area contributed by atoms with Gasteiger partial charge in [0.25, 0.3) is 5.91 Å². The molecule has 2 atom stereocenters. The number of hydrogen-bond acceptors (Lipinski definition) is 7. The Balaban J connectivity index is 1.82. The largest absolute Gasteiger partial charge is 0.391 e. The molecule has 2 aliphatic heterocycles. The molecule has 0 radical (unpaired) electrons. The Hall–Kier alpha value is -2.29. The van der Waals surface area contributed by atoms with E-state index < -0.39 is 12.1 Å². The van der Waals surface area contributed by atoms with Crippen LogP contribution in [0.4, 0.5) is 0 Å². The number of rotatable bonds is 4. The first-order valence-electron chi connectivity index (χ1n) is 8.52. The molecule has 1 N–H and O–H groups in total. The van der Waals surface area contributed by atoms with Gasteiger partial charge in [-0.25, -0.2) is 5.01 Å². The maximum Gasteiger partial charge on any atom is 0.270 e. The minimum atomic E-state index is -0.654. The molecule has 3 heterocycles. The summed E-state index contributed by atoms with van der Waals surface area (Å²) in [5.74, 6) is 0.681. The first-order valence-corrected chi connectivity index (χ1v) is 8.52. The number of aliphatic hydroxyl groups excluding tert-OH is 1. The highest BCUT2D eigenvalue weighted by atomic mass is 16.5. The molecule has 0 bridgehead atoms. The Labute approximate surface area is 145 Å². The van der Waals surface area contributed by atoms with Gasteiger partial charge < -0.3 is 14.5 Å². The highest BCUT2D eigenvalue weighted by Crippen LogP contribution is 2.32. The van der Waals surface area contributed by atoms with Crippen LogP contribution in [-0.4, -0.2) is 61.9 Å². The Morgan fingerprint density at radius 2 is 2.16 bits per heavy atom. The predicted molar refractivity (Wildman–Crippen MR) is 87.3 cm³/mol. The monoisotopic (exact) mass is 349 g/mol. The summed E-state index contributed by atoms with van der Waals surface area (Å²) in [5.41, 5.74) is 0.329. The lowest BCUT2D eigenvalue weighted by molar-refractivity contribution is -0.132. The van der Waals surface area contributed by atoms with E-state index in [-0.39, 0.29) is 30.7 Å². The minimum Gasteiger partial charge on any atom is -0.391 e. The van der Waals surface area contributed by atoms with Gasteiger partial charge in [-0.3, -0.25) is 9.59 Å². The molecule has 0 aliphatic carbocycles. The lowest BCUT2D eigenvalue weighted by atomic mass is 10.1. The fourth-order valence-corrected chi connectivity index (χ4v) is 3.13. The fraction of sp³-hybridized carbons (Fsp3) is 0.688. The normalized spacial score (nSPS) is 24.2. The number of hydrazone groups is 1. The third-order valence-corrected chi connectivity index (χ3v) is 4.26. The Morgan fingerprint density at radius 1 is 1.40 bits per heavy atom. The second-order valence-corrected chi connectivity index (χ2v) is 6.96. The molecule has 3 rings (SSSR count). The van der Waals surface area contributed by atoms with E-state index in [1.807, 2.05) is 13.8 Å². The number of carbonyl (C=O) groups excluding carboxylic acids is 2. The molecule has 0 unspecified atom stereocenters. The predicted octanol–water partition coefficient (Wildman–Crippen LogP) is 0.647. The molecule has 1 aromatic rings. The second-order valence-electron chi connectivity index (χ2n) is 6.96. The molecule has 1 aromatic heterocycles. The highest BCUT2D eigenvalue weighted by Gasteiger charge is 2.41. The minimum absolute atomic E-state index is 0.0733. The van der Waals surface area contributed by atoms with Crippen molar-refractivity contribution in [1.82, 2.24) is 20.0 Å². The Bertz CT molecular complexity index is 698. The zero-order valence-corrected chi connectivity index (χ0v) is 14.7. The van der Waals surface area contributed by atoms with E-state index in [1.165, 1.54) is 9.91 Å². The van der Waals surface area contributed by atoms with Gasteiger partial charge in [0.1, 0.15) is 11.8 Å². The number of likely N-dealkylation sites (tertiary alicyclic amines) is 1. The summed E-state index contributed by atoms with van der Waals surface area (Å²) in [4.78, 5) is 30.6. The topological polar surface area (TPSA) is 112 Å². The van der Waals surface area contributed by atoms with E-state index >= 15 is 0 Å². The van der Waals surface area contributed by atoms with Crippen LogP contribution >= 0.6 is 0 Å². The molecular formula is C16H23N5O4. The van der Waals surface area contributed by atoms with Crippen molar-refractivity contribution in [2.24, 2.45) is 11.0 Å². The van der Waals surface area contributed by atoms with Gasteiger partial charge in [0, 0.05) is 32.4 Å². The van der Waals surface area contributed by atoms with E-state index in [2.05, 4.69) is 15.2 Å². The van der Waals surface area contributed by atoms with Gasteiger partial charge in [-0.1, -0.05) is 19.0 Å². The number of aryl methyl sites for hydroxylation is 1. The SMILES string of the molecule is Cc1noc([C@H]2C[C@H](O)CN2C(=O)C2=NN(CC(C)C)C(=O)CC2)n1. The quantitative estimate of drug-likeness (QED) is 0.854. The number of hydrogen-bond donors (Lipinski definition) is 1. The molecule has 25 heavy (non-hydrogen) atoms. The lowest BCUT2D eigenvalue weighted by Gasteiger charge is -2.27. The van der Waals surface area contributed by atoms with Crippen LogP contribution in [0.15, 0.2) is 9.62 Å². The van der Waals surface area contributed by atoms with Crippen LogP contribution in [0, 0.1) is 12.8 Å². The van der Waals surface area contributed by atoms with Crippen molar-refractivity contribution in [3.63, 3.8) is 0 Å². The number of aromatic nitrogens is 2. The molecule has 1 saturated heterocycles. The summed E-state index contributed by atoms with van der Waals surface area (Å²) in [6.45, 7) is 6.34. The summed E-state index contributed by atoms with van der Waals surface area (Å²) < 4.78 is 5.18. The zero-order valence-electron chi connectivity index (χ0n) is 14.7. The number of amides is 2. The smallest absolute Gasteiger partial charge is 0.270 e. The maximum absolute atomic E-state index is 12.9. The molecule has 0 saturated carbocycles.